The summed E-state index contributed by atoms with van der Waals surface area (Å²) in [5, 5.41) is 0. The number of allylic oxidation sites excluding steroid dienone is 12. The zero-order chi connectivity index (χ0) is 46.7. The van der Waals surface area contributed by atoms with E-state index in [1.807, 2.05) is 0 Å². The predicted octanol–water partition coefficient (Wildman–Crippen LogP) is 15.8. The average molecular weight is 918 g/mol. The Labute approximate surface area is 392 Å². The standard InChI is InChI=1S/C54H96NO8P/c1-3-5-7-9-11-13-15-17-19-20-21-22-23-24-25-26-27-28-29-30-31-32-33-35-37-39-41-43-45-47-54(57)63-52(51-62-64(58,59)61-49-48-55)50-60-53(56)46-44-42-40-38-36-34-18-16-14-12-10-8-6-4-2/h5,7,11,13,17,19,21-22,24-25,27-28,52H,3-4,6,8-10,12,14-16,18,20,23,26,29-51,55H2,1-2H3,(H,58,59)/b7-5-,13-11-,19-17-,22-21-,25-24-,28-27-. The highest BCUT2D eigenvalue weighted by atomic mass is 31.2. The van der Waals surface area contributed by atoms with Crippen LogP contribution in [0.2, 0.25) is 0 Å². The highest BCUT2D eigenvalue weighted by Gasteiger charge is 2.26. The highest BCUT2D eigenvalue weighted by molar-refractivity contribution is 7.47. The molecule has 0 aromatic rings. The van der Waals surface area contributed by atoms with Crippen LogP contribution in [0.25, 0.3) is 0 Å². The number of nitrogens with two attached hydrogens (primary N) is 1. The molecular formula is C54H96NO8P. The van der Waals surface area contributed by atoms with Gasteiger partial charge in [0.05, 0.1) is 13.2 Å². The normalized spacial score (nSPS) is 13.8. The zero-order valence-corrected chi connectivity index (χ0v) is 41.9. The highest BCUT2D eigenvalue weighted by Crippen LogP contribution is 2.43. The molecule has 0 radical (unpaired) electrons. The number of hydrogen-bond donors (Lipinski definition) is 2. The third kappa shape index (κ3) is 48.9. The zero-order valence-electron chi connectivity index (χ0n) is 41.0. The van der Waals surface area contributed by atoms with Gasteiger partial charge in [0.15, 0.2) is 6.10 Å². The second-order valence-electron chi connectivity index (χ2n) is 17.0. The molecule has 0 aliphatic carbocycles. The van der Waals surface area contributed by atoms with Crippen LogP contribution in [0, 0.1) is 0 Å². The molecule has 0 aliphatic rings. The molecule has 0 spiro atoms. The fourth-order valence-corrected chi connectivity index (χ4v) is 7.82. The fourth-order valence-electron chi connectivity index (χ4n) is 7.05. The van der Waals surface area contributed by atoms with Gasteiger partial charge in [-0.15, -0.1) is 0 Å². The summed E-state index contributed by atoms with van der Waals surface area (Å²) in [6.07, 6.45) is 62.3. The molecule has 0 fully saturated rings. The van der Waals surface area contributed by atoms with Gasteiger partial charge in [-0.1, -0.05) is 222 Å². The van der Waals surface area contributed by atoms with Crippen molar-refractivity contribution in [2.45, 2.75) is 232 Å². The second-order valence-corrected chi connectivity index (χ2v) is 18.5. The van der Waals surface area contributed by atoms with Gasteiger partial charge >= 0.3 is 19.8 Å². The molecule has 3 N–H and O–H groups in total. The van der Waals surface area contributed by atoms with E-state index in [9.17, 15) is 19.0 Å². The molecule has 0 saturated carbocycles. The molecule has 9 nitrogen and oxygen atoms in total. The summed E-state index contributed by atoms with van der Waals surface area (Å²) in [4.78, 5) is 35.0. The van der Waals surface area contributed by atoms with Crippen molar-refractivity contribution in [2.24, 2.45) is 5.73 Å². The number of hydrogen-bond acceptors (Lipinski definition) is 8. The minimum Gasteiger partial charge on any atom is -0.462 e. The monoisotopic (exact) mass is 918 g/mol. The van der Waals surface area contributed by atoms with Gasteiger partial charge in [0.2, 0.25) is 0 Å². The quantitative estimate of drug-likeness (QED) is 0.0265. The Kier molecular flexibility index (Phi) is 47.9. The molecule has 0 rings (SSSR count). The summed E-state index contributed by atoms with van der Waals surface area (Å²) >= 11 is 0. The van der Waals surface area contributed by atoms with Crippen molar-refractivity contribution in [1.82, 2.24) is 0 Å². The number of esters is 2. The Morgan fingerprint density at radius 2 is 0.859 bits per heavy atom. The van der Waals surface area contributed by atoms with Gasteiger partial charge in [-0.3, -0.25) is 18.6 Å². The number of phosphoric acid groups is 1. The van der Waals surface area contributed by atoms with Crippen molar-refractivity contribution in [1.29, 1.82) is 0 Å². The molecule has 370 valence electrons. The van der Waals surface area contributed by atoms with Gasteiger partial charge in [-0.25, -0.2) is 4.57 Å². The predicted molar refractivity (Wildman–Crippen MR) is 270 cm³/mol. The third-order valence-corrected chi connectivity index (χ3v) is 11.8. The molecule has 0 saturated heterocycles. The molecule has 0 aliphatic heterocycles. The first-order chi connectivity index (χ1) is 31.3. The molecule has 2 atom stereocenters. The average Bonchev–Trinajstić information content (AvgIpc) is 3.28. The van der Waals surface area contributed by atoms with Crippen LogP contribution in [0.5, 0.6) is 0 Å². The summed E-state index contributed by atoms with van der Waals surface area (Å²) < 4.78 is 32.9. The van der Waals surface area contributed by atoms with E-state index < -0.39 is 26.5 Å². The Morgan fingerprint density at radius 1 is 0.484 bits per heavy atom. The van der Waals surface area contributed by atoms with E-state index >= 15 is 0 Å². The van der Waals surface area contributed by atoms with E-state index in [4.69, 9.17) is 24.3 Å². The summed E-state index contributed by atoms with van der Waals surface area (Å²) in [5.74, 6) is -0.830. The van der Waals surface area contributed by atoms with Gasteiger partial charge in [0.25, 0.3) is 0 Å². The number of carbonyl (C=O) groups excluding carboxylic acids is 2. The number of carbonyl (C=O) groups is 2. The topological polar surface area (TPSA) is 134 Å². The minimum atomic E-state index is -4.38. The SMILES string of the molecule is CC/C=C\C/C=C\C/C=C\C/C=C\C/C=C\C/C=C\CCCCCCCCCCCCC(=O)OC(COC(=O)CCCCCCCCCCCCCCCC)COP(=O)(O)OCCN. The third-order valence-electron chi connectivity index (χ3n) is 10.9. The van der Waals surface area contributed by atoms with Crippen molar-refractivity contribution in [3.05, 3.63) is 72.9 Å². The molecule has 0 amide bonds. The second kappa shape index (κ2) is 49.9. The molecule has 2 unspecified atom stereocenters. The van der Waals surface area contributed by atoms with Crippen LogP contribution >= 0.6 is 7.82 Å². The van der Waals surface area contributed by atoms with E-state index in [0.717, 1.165) is 83.5 Å². The van der Waals surface area contributed by atoms with Gasteiger partial charge in [0.1, 0.15) is 6.61 Å². The number of ether oxygens (including phenoxy) is 2. The number of rotatable bonds is 48. The lowest BCUT2D eigenvalue weighted by molar-refractivity contribution is -0.161. The van der Waals surface area contributed by atoms with Crippen LogP contribution in [0.1, 0.15) is 226 Å². The van der Waals surface area contributed by atoms with Crippen LogP contribution in [0.3, 0.4) is 0 Å². The van der Waals surface area contributed by atoms with Crippen LogP contribution < -0.4 is 5.73 Å². The van der Waals surface area contributed by atoms with E-state index in [1.54, 1.807) is 0 Å². The Morgan fingerprint density at radius 3 is 1.28 bits per heavy atom. The first kappa shape index (κ1) is 61.5. The molecule has 0 heterocycles. The van der Waals surface area contributed by atoms with Gasteiger partial charge in [0, 0.05) is 19.4 Å². The molecule has 0 aromatic carbocycles. The van der Waals surface area contributed by atoms with Crippen LogP contribution in [0.15, 0.2) is 72.9 Å². The maximum Gasteiger partial charge on any atom is 0.472 e. The molecule has 0 bridgehead atoms. The first-order valence-corrected chi connectivity index (χ1v) is 27.4. The number of phosphoric ester groups is 1. The lowest BCUT2D eigenvalue weighted by Crippen LogP contribution is -2.29. The van der Waals surface area contributed by atoms with E-state index in [1.165, 1.54) is 109 Å². The first-order valence-electron chi connectivity index (χ1n) is 25.9. The maximum absolute atomic E-state index is 12.7. The van der Waals surface area contributed by atoms with Crippen molar-refractivity contribution in [3.63, 3.8) is 0 Å². The lowest BCUT2D eigenvalue weighted by atomic mass is 10.0. The van der Waals surface area contributed by atoms with Crippen LogP contribution in [-0.4, -0.2) is 49.3 Å². The maximum atomic E-state index is 12.7. The van der Waals surface area contributed by atoms with Gasteiger partial charge in [-0.2, -0.15) is 0 Å². The minimum absolute atomic E-state index is 0.0511. The van der Waals surface area contributed by atoms with Crippen molar-refractivity contribution in [3.8, 4) is 0 Å². The molecule has 64 heavy (non-hydrogen) atoms. The largest absolute Gasteiger partial charge is 0.472 e. The summed E-state index contributed by atoms with van der Waals surface area (Å²) in [6.45, 7) is 3.63. The van der Waals surface area contributed by atoms with Gasteiger partial charge in [-0.05, 0) is 64.2 Å². The Balaban J connectivity index is 4.02. The lowest BCUT2D eigenvalue weighted by Gasteiger charge is -2.19. The molecule has 10 heteroatoms. The van der Waals surface area contributed by atoms with Crippen molar-refractivity contribution < 1.29 is 37.6 Å². The Hall–Kier alpha value is -2.55. The van der Waals surface area contributed by atoms with E-state index in [0.29, 0.717) is 6.42 Å². The summed E-state index contributed by atoms with van der Waals surface area (Å²) in [7, 11) is -4.38. The number of unbranched alkanes of at least 4 members (excludes halogenated alkanes) is 23. The fraction of sp³-hybridized carbons (Fsp3) is 0.741. The Bertz CT molecular complexity index is 1280. The summed E-state index contributed by atoms with van der Waals surface area (Å²) in [5.41, 5.74) is 5.36. The smallest absolute Gasteiger partial charge is 0.462 e. The van der Waals surface area contributed by atoms with Crippen LogP contribution in [-0.2, 0) is 32.7 Å². The molecular weight excluding hydrogens is 822 g/mol. The molecule has 0 aromatic heterocycles. The van der Waals surface area contributed by atoms with Crippen molar-refractivity contribution in [2.75, 3.05) is 26.4 Å². The van der Waals surface area contributed by atoms with E-state index in [2.05, 4.69) is 86.8 Å². The van der Waals surface area contributed by atoms with Crippen molar-refractivity contribution >= 4 is 19.8 Å². The van der Waals surface area contributed by atoms with Crippen LogP contribution in [0.4, 0.5) is 0 Å². The summed E-state index contributed by atoms with van der Waals surface area (Å²) in [6, 6.07) is 0. The van der Waals surface area contributed by atoms with Gasteiger partial charge < -0.3 is 20.1 Å². The van der Waals surface area contributed by atoms with E-state index in [-0.39, 0.29) is 38.6 Å².